The highest BCUT2D eigenvalue weighted by Crippen LogP contribution is 2.15. The molecule has 2 aromatic rings. The van der Waals surface area contributed by atoms with E-state index in [1.165, 1.54) is 24.3 Å². The van der Waals surface area contributed by atoms with Gasteiger partial charge in [0.1, 0.15) is 0 Å². The summed E-state index contributed by atoms with van der Waals surface area (Å²) in [6, 6.07) is 11.9. The Labute approximate surface area is 120 Å². The van der Waals surface area contributed by atoms with Gasteiger partial charge in [0.25, 0.3) is 17.4 Å². The maximum atomic E-state index is 11.9. The number of ketones is 1. The molecule has 0 saturated heterocycles. The third kappa shape index (κ3) is 3.50. The van der Waals surface area contributed by atoms with Crippen LogP contribution in [0.4, 0.5) is 11.4 Å². The summed E-state index contributed by atoms with van der Waals surface area (Å²) >= 11 is 0. The van der Waals surface area contributed by atoms with E-state index in [0.717, 1.165) is 5.56 Å². The van der Waals surface area contributed by atoms with Crippen LogP contribution in [0.3, 0.4) is 0 Å². The Kier molecular flexibility index (Phi) is 4.08. The quantitative estimate of drug-likeness (QED) is 0.404. The fraction of sp³-hybridized carbons (Fsp3) is 0.0667. The van der Waals surface area contributed by atoms with Crippen molar-refractivity contribution in [3.05, 3.63) is 69.8 Å². The molecule has 0 heterocycles. The molecule has 6 heteroatoms. The summed E-state index contributed by atoms with van der Waals surface area (Å²) in [4.78, 5) is 33.7. The fourth-order valence-electron chi connectivity index (χ4n) is 1.69. The van der Waals surface area contributed by atoms with Crippen molar-refractivity contribution in [2.45, 2.75) is 6.92 Å². The van der Waals surface area contributed by atoms with Gasteiger partial charge in [-0.1, -0.05) is 29.8 Å². The lowest BCUT2D eigenvalue weighted by molar-refractivity contribution is -0.384. The van der Waals surface area contributed by atoms with Gasteiger partial charge in [-0.05, 0) is 19.1 Å². The molecule has 2 aromatic carbocycles. The third-order valence-corrected chi connectivity index (χ3v) is 2.86. The maximum absolute atomic E-state index is 11.9. The lowest BCUT2D eigenvalue weighted by atomic mass is 10.1. The first-order valence-electron chi connectivity index (χ1n) is 6.14. The fourth-order valence-corrected chi connectivity index (χ4v) is 1.69. The number of hydrogen-bond acceptors (Lipinski definition) is 4. The normalized spacial score (nSPS) is 9.95. The minimum Gasteiger partial charge on any atom is -0.319 e. The highest BCUT2D eigenvalue weighted by atomic mass is 16.6. The molecule has 0 radical (unpaired) electrons. The Morgan fingerprint density at radius 1 is 1.00 bits per heavy atom. The summed E-state index contributed by atoms with van der Waals surface area (Å²) in [5.41, 5.74) is 1.52. The van der Waals surface area contributed by atoms with Crippen LogP contribution >= 0.6 is 0 Å². The summed E-state index contributed by atoms with van der Waals surface area (Å²) in [7, 11) is 0. The Morgan fingerprint density at radius 2 is 1.57 bits per heavy atom. The van der Waals surface area contributed by atoms with Gasteiger partial charge in [0.2, 0.25) is 0 Å². The number of nitro groups is 1. The predicted molar refractivity (Wildman–Crippen MR) is 77.2 cm³/mol. The van der Waals surface area contributed by atoms with E-state index in [9.17, 15) is 19.7 Å². The molecule has 6 nitrogen and oxygen atoms in total. The highest BCUT2D eigenvalue weighted by molar-refractivity contribution is 6.46. The molecule has 0 aliphatic rings. The average molecular weight is 284 g/mol. The van der Waals surface area contributed by atoms with Gasteiger partial charge in [0.15, 0.2) is 0 Å². The molecule has 2 rings (SSSR count). The Morgan fingerprint density at radius 3 is 2.10 bits per heavy atom. The van der Waals surface area contributed by atoms with Crippen molar-refractivity contribution < 1.29 is 14.5 Å². The number of anilines is 1. The van der Waals surface area contributed by atoms with E-state index in [2.05, 4.69) is 5.32 Å². The molecule has 0 bridgehead atoms. The molecular formula is C15H12N2O4. The van der Waals surface area contributed by atoms with Gasteiger partial charge in [-0.2, -0.15) is 0 Å². The first-order valence-corrected chi connectivity index (χ1v) is 6.14. The summed E-state index contributed by atoms with van der Waals surface area (Å²) in [5.74, 6) is -1.44. The average Bonchev–Trinajstić information content (AvgIpc) is 2.47. The van der Waals surface area contributed by atoms with Gasteiger partial charge >= 0.3 is 0 Å². The summed E-state index contributed by atoms with van der Waals surface area (Å²) in [6.07, 6.45) is 0. The molecule has 0 atom stereocenters. The van der Waals surface area contributed by atoms with E-state index in [1.54, 1.807) is 24.3 Å². The lowest BCUT2D eigenvalue weighted by Crippen LogP contribution is -2.22. The van der Waals surface area contributed by atoms with Crippen molar-refractivity contribution in [2.24, 2.45) is 0 Å². The van der Waals surface area contributed by atoms with Gasteiger partial charge in [-0.3, -0.25) is 19.7 Å². The van der Waals surface area contributed by atoms with Crippen molar-refractivity contribution >= 4 is 23.1 Å². The van der Waals surface area contributed by atoms with Crippen molar-refractivity contribution in [2.75, 3.05) is 5.32 Å². The van der Waals surface area contributed by atoms with Crippen LogP contribution in [0.25, 0.3) is 0 Å². The van der Waals surface area contributed by atoms with Gasteiger partial charge in [-0.25, -0.2) is 0 Å². The van der Waals surface area contributed by atoms with Crippen LogP contribution in [-0.2, 0) is 4.79 Å². The van der Waals surface area contributed by atoms with Crippen LogP contribution in [0.1, 0.15) is 15.9 Å². The monoisotopic (exact) mass is 284 g/mol. The molecule has 0 unspecified atom stereocenters. The van der Waals surface area contributed by atoms with Crippen LogP contribution in [0.15, 0.2) is 48.5 Å². The molecule has 0 aliphatic carbocycles. The zero-order chi connectivity index (χ0) is 15.4. The zero-order valence-electron chi connectivity index (χ0n) is 11.2. The topological polar surface area (TPSA) is 89.3 Å². The van der Waals surface area contributed by atoms with E-state index in [0.29, 0.717) is 11.3 Å². The van der Waals surface area contributed by atoms with Crippen molar-refractivity contribution in [3.8, 4) is 0 Å². The smallest absolute Gasteiger partial charge is 0.296 e. The number of nitro benzene ring substituents is 1. The lowest BCUT2D eigenvalue weighted by Gasteiger charge is -2.04. The van der Waals surface area contributed by atoms with Crippen LogP contribution in [0, 0.1) is 17.0 Å². The number of hydrogen-bond donors (Lipinski definition) is 1. The maximum Gasteiger partial charge on any atom is 0.296 e. The second-order valence-corrected chi connectivity index (χ2v) is 4.45. The van der Waals surface area contributed by atoms with Gasteiger partial charge in [0.05, 0.1) is 4.92 Å². The summed E-state index contributed by atoms with van der Waals surface area (Å²) in [5, 5.41) is 12.9. The van der Waals surface area contributed by atoms with Crippen LogP contribution in [-0.4, -0.2) is 16.6 Å². The highest BCUT2D eigenvalue weighted by Gasteiger charge is 2.16. The Hall–Kier alpha value is -3.02. The van der Waals surface area contributed by atoms with Crippen molar-refractivity contribution in [1.29, 1.82) is 0 Å². The van der Waals surface area contributed by atoms with E-state index in [4.69, 9.17) is 0 Å². The summed E-state index contributed by atoms with van der Waals surface area (Å²) < 4.78 is 0. The number of nitrogens with zero attached hydrogens (tertiary/aromatic N) is 1. The number of carbonyl (C=O) groups excluding carboxylic acids is 2. The largest absolute Gasteiger partial charge is 0.319 e. The molecule has 1 N–H and O–H groups in total. The minimum atomic E-state index is -0.785. The second-order valence-electron chi connectivity index (χ2n) is 4.45. The molecule has 1 amide bonds. The van der Waals surface area contributed by atoms with E-state index >= 15 is 0 Å². The van der Waals surface area contributed by atoms with Gasteiger partial charge < -0.3 is 5.32 Å². The number of amides is 1. The van der Waals surface area contributed by atoms with Crippen LogP contribution in [0.2, 0.25) is 0 Å². The van der Waals surface area contributed by atoms with E-state index < -0.39 is 16.6 Å². The number of Topliss-reactive ketones (excluding diaryl/α,β-unsaturated/α-hetero) is 1. The predicted octanol–water partition coefficient (Wildman–Crippen LogP) is 2.72. The molecule has 106 valence electrons. The van der Waals surface area contributed by atoms with Gasteiger partial charge in [-0.15, -0.1) is 0 Å². The Balaban J connectivity index is 2.08. The molecule has 0 aromatic heterocycles. The molecule has 0 fully saturated rings. The SMILES string of the molecule is Cc1ccc(C(=O)C(=O)Nc2ccc([N+](=O)[O-])cc2)cc1. The number of aryl methyl sites for hydroxylation is 1. The molecule has 0 saturated carbocycles. The van der Waals surface area contributed by atoms with Crippen LogP contribution < -0.4 is 5.32 Å². The first-order chi connectivity index (χ1) is 9.97. The van der Waals surface area contributed by atoms with Crippen molar-refractivity contribution in [1.82, 2.24) is 0 Å². The Bertz CT molecular complexity index is 691. The molecule has 0 aliphatic heterocycles. The van der Waals surface area contributed by atoms with Gasteiger partial charge in [0, 0.05) is 23.4 Å². The summed E-state index contributed by atoms with van der Waals surface area (Å²) in [6.45, 7) is 1.88. The number of benzene rings is 2. The third-order valence-electron chi connectivity index (χ3n) is 2.86. The number of rotatable bonds is 4. The molecule has 21 heavy (non-hydrogen) atoms. The molecular weight excluding hydrogens is 272 g/mol. The van der Waals surface area contributed by atoms with E-state index in [-0.39, 0.29) is 5.69 Å². The zero-order valence-corrected chi connectivity index (χ0v) is 11.2. The molecule has 0 spiro atoms. The standard InChI is InChI=1S/C15H12N2O4/c1-10-2-4-11(5-3-10)14(18)15(19)16-12-6-8-13(9-7-12)17(20)21/h2-9H,1H3,(H,16,19). The van der Waals surface area contributed by atoms with E-state index in [1.807, 2.05) is 6.92 Å². The second kappa shape index (κ2) is 5.96. The number of carbonyl (C=O) groups is 2. The number of nitrogens with one attached hydrogen (secondary N) is 1. The first kappa shape index (κ1) is 14.4. The van der Waals surface area contributed by atoms with Crippen LogP contribution in [0.5, 0.6) is 0 Å². The minimum absolute atomic E-state index is 0.0853. The van der Waals surface area contributed by atoms with Crippen molar-refractivity contribution in [3.63, 3.8) is 0 Å². The number of non-ortho nitro benzene ring substituents is 1.